The van der Waals surface area contributed by atoms with E-state index in [4.69, 9.17) is 11.6 Å². The summed E-state index contributed by atoms with van der Waals surface area (Å²) in [6.07, 6.45) is -3.06. The maximum atomic E-state index is 14.2. The van der Waals surface area contributed by atoms with Crippen LogP contribution in [0, 0.1) is 13.8 Å². The number of likely N-dealkylation sites (tertiary alicyclic amines) is 1. The standard InChI is InChI=1S/C35H34ClF3N8O5/c1-18-31(49)30(41-17-40-18)32(50)45-13-11-22(12-14-45)46-19(2)24(16-27(48)42-26-10-7-21(15-25(26)36)35(37,38)39)28-29(33(46)51)44-47(43-28)23-8-5-20(6-9-23)34(3,4)52/h5-10,15,17,22,49,52H,11-14,16H2,1-4H3,(H,42,48). The molecule has 3 aromatic heterocycles. The summed E-state index contributed by atoms with van der Waals surface area (Å²) in [4.78, 5) is 51.5. The van der Waals surface area contributed by atoms with E-state index in [-0.39, 0.29) is 58.4 Å². The number of alkyl halides is 3. The molecule has 0 unspecified atom stereocenters. The molecule has 0 radical (unpaired) electrons. The average Bonchev–Trinajstić information content (AvgIpc) is 3.54. The van der Waals surface area contributed by atoms with Crippen LogP contribution in [0.1, 0.15) is 71.3 Å². The lowest BCUT2D eigenvalue weighted by atomic mass is 9.98. The number of aromatic hydroxyl groups is 1. The van der Waals surface area contributed by atoms with Gasteiger partial charge in [-0.3, -0.25) is 14.4 Å². The van der Waals surface area contributed by atoms with Crippen molar-refractivity contribution >= 4 is 40.1 Å². The van der Waals surface area contributed by atoms with Crippen LogP contribution in [0.25, 0.3) is 16.7 Å². The van der Waals surface area contributed by atoms with Gasteiger partial charge >= 0.3 is 6.18 Å². The van der Waals surface area contributed by atoms with Crippen molar-refractivity contribution in [2.45, 2.75) is 64.8 Å². The molecule has 13 nitrogen and oxygen atoms in total. The molecule has 0 aliphatic carbocycles. The molecule has 17 heteroatoms. The Morgan fingerprint density at radius 2 is 1.62 bits per heavy atom. The van der Waals surface area contributed by atoms with Gasteiger partial charge in [-0.2, -0.15) is 18.0 Å². The van der Waals surface area contributed by atoms with E-state index in [1.165, 1.54) is 16.0 Å². The molecule has 2 aromatic carbocycles. The lowest BCUT2D eigenvalue weighted by Gasteiger charge is -2.34. The van der Waals surface area contributed by atoms with Crippen LogP contribution < -0.4 is 10.9 Å². The fourth-order valence-corrected chi connectivity index (χ4v) is 6.48. The summed E-state index contributed by atoms with van der Waals surface area (Å²) in [7, 11) is 0. The normalized spacial score (nSPS) is 14.2. The lowest BCUT2D eigenvalue weighted by Crippen LogP contribution is -2.42. The van der Waals surface area contributed by atoms with Crippen LogP contribution in [-0.2, 0) is 23.0 Å². The number of fused-ring (bicyclic) bond motifs is 1. The number of amides is 2. The molecular weight excluding hydrogens is 705 g/mol. The number of piperidine rings is 1. The maximum Gasteiger partial charge on any atom is 0.416 e. The van der Waals surface area contributed by atoms with Crippen LogP contribution in [0.5, 0.6) is 5.75 Å². The van der Waals surface area contributed by atoms with E-state index in [9.17, 15) is 37.8 Å². The first-order chi connectivity index (χ1) is 24.4. The van der Waals surface area contributed by atoms with Gasteiger partial charge in [0.1, 0.15) is 11.8 Å². The number of hydrogen-bond acceptors (Lipinski definition) is 9. The Morgan fingerprint density at radius 1 is 0.981 bits per heavy atom. The fraction of sp³-hybridized carbons (Fsp3) is 0.343. The summed E-state index contributed by atoms with van der Waals surface area (Å²) in [5.74, 6) is -1.40. The minimum atomic E-state index is -4.62. The largest absolute Gasteiger partial charge is 0.504 e. The number of aromatic nitrogens is 6. The van der Waals surface area contributed by atoms with Crippen LogP contribution in [0.3, 0.4) is 0 Å². The number of pyridine rings is 1. The molecule has 1 aliphatic rings. The third-order valence-corrected chi connectivity index (χ3v) is 9.47. The van der Waals surface area contributed by atoms with Crippen molar-refractivity contribution in [2.24, 2.45) is 0 Å². The summed E-state index contributed by atoms with van der Waals surface area (Å²) in [5, 5.41) is 32.1. The second kappa shape index (κ2) is 13.7. The molecule has 52 heavy (non-hydrogen) atoms. The first-order valence-electron chi connectivity index (χ1n) is 16.2. The van der Waals surface area contributed by atoms with Crippen LogP contribution in [-0.4, -0.2) is 69.5 Å². The van der Waals surface area contributed by atoms with E-state index in [1.54, 1.807) is 56.5 Å². The molecule has 4 heterocycles. The topological polar surface area (TPSA) is 168 Å². The molecular formula is C35H34ClF3N8O5. The summed E-state index contributed by atoms with van der Waals surface area (Å²) in [6, 6.07) is 8.95. The molecule has 2 amide bonds. The van der Waals surface area contributed by atoms with Crippen LogP contribution in [0.4, 0.5) is 18.9 Å². The second-order valence-corrected chi connectivity index (χ2v) is 13.5. The highest BCUT2D eigenvalue weighted by Crippen LogP contribution is 2.34. The van der Waals surface area contributed by atoms with Crippen molar-refractivity contribution in [2.75, 3.05) is 18.4 Å². The van der Waals surface area contributed by atoms with Crippen molar-refractivity contribution in [1.82, 2.24) is 34.4 Å². The monoisotopic (exact) mass is 738 g/mol. The minimum absolute atomic E-state index is 0.0209. The van der Waals surface area contributed by atoms with E-state index in [2.05, 4.69) is 25.5 Å². The summed E-state index contributed by atoms with van der Waals surface area (Å²) >= 11 is 6.11. The van der Waals surface area contributed by atoms with Crippen LogP contribution >= 0.6 is 11.6 Å². The van der Waals surface area contributed by atoms with E-state index in [0.717, 1.165) is 18.2 Å². The predicted molar refractivity (Wildman–Crippen MR) is 185 cm³/mol. The number of carbonyl (C=O) groups excluding carboxylic acids is 2. The van der Waals surface area contributed by atoms with E-state index < -0.39 is 40.8 Å². The van der Waals surface area contributed by atoms with E-state index in [0.29, 0.717) is 35.3 Å². The molecule has 0 saturated carbocycles. The summed E-state index contributed by atoms with van der Waals surface area (Å²) < 4.78 is 41.1. The number of benzene rings is 2. The molecule has 5 aromatic rings. The van der Waals surface area contributed by atoms with Gasteiger partial charge in [-0.1, -0.05) is 23.7 Å². The Kier molecular flexibility index (Phi) is 9.57. The molecule has 0 atom stereocenters. The van der Waals surface area contributed by atoms with Gasteiger partial charge in [-0.15, -0.1) is 10.2 Å². The quantitative estimate of drug-likeness (QED) is 0.202. The zero-order chi connectivity index (χ0) is 37.7. The number of nitrogens with zero attached hydrogens (tertiary/aromatic N) is 7. The van der Waals surface area contributed by atoms with Crippen LogP contribution in [0.2, 0.25) is 5.02 Å². The van der Waals surface area contributed by atoms with E-state index in [1.807, 2.05) is 0 Å². The Balaban J connectivity index is 1.35. The number of anilines is 1. The number of halogens is 4. The number of hydrogen-bond donors (Lipinski definition) is 3. The third-order valence-electron chi connectivity index (χ3n) is 9.16. The maximum absolute atomic E-state index is 14.2. The fourth-order valence-electron chi connectivity index (χ4n) is 6.25. The van der Waals surface area contributed by atoms with Crippen molar-refractivity contribution in [1.29, 1.82) is 0 Å². The Labute approximate surface area is 299 Å². The van der Waals surface area contributed by atoms with Crippen molar-refractivity contribution in [3.8, 4) is 11.4 Å². The van der Waals surface area contributed by atoms with Crippen molar-refractivity contribution in [3.05, 3.63) is 97.9 Å². The van der Waals surface area contributed by atoms with Gasteiger partial charge in [-0.05, 0) is 76.4 Å². The molecule has 0 bridgehead atoms. The van der Waals surface area contributed by atoms with Crippen molar-refractivity contribution in [3.63, 3.8) is 0 Å². The highest BCUT2D eigenvalue weighted by atomic mass is 35.5. The zero-order valence-corrected chi connectivity index (χ0v) is 29.2. The van der Waals surface area contributed by atoms with Gasteiger partial charge < -0.3 is 25.0 Å². The number of rotatable bonds is 7. The first kappa shape index (κ1) is 36.4. The van der Waals surface area contributed by atoms with Gasteiger partial charge in [0, 0.05) is 30.4 Å². The van der Waals surface area contributed by atoms with E-state index >= 15 is 0 Å². The number of nitrogens with one attached hydrogen (secondary N) is 1. The molecule has 0 spiro atoms. The van der Waals surface area contributed by atoms with Gasteiger partial charge in [0.25, 0.3) is 11.5 Å². The van der Waals surface area contributed by atoms with Gasteiger partial charge in [0.15, 0.2) is 17.0 Å². The lowest BCUT2D eigenvalue weighted by molar-refractivity contribution is -0.137. The Bertz CT molecular complexity index is 2260. The molecule has 6 rings (SSSR count). The van der Waals surface area contributed by atoms with Crippen LogP contribution in [0.15, 0.2) is 53.6 Å². The molecule has 1 fully saturated rings. The number of carbonyl (C=O) groups is 2. The van der Waals surface area contributed by atoms with Gasteiger partial charge in [0.2, 0.25) is 5.91 Å². The summed E-state index contributed by atoms with van der Waals surface area (Å²) in [5.41, 5.74) is -0.380. The zero-order valence-electron chi connectivity index (χ0n) is 28.5. The molecule has 1 saturated heterocycles. The Hall–Kier alpha value is -5.35. The highest BCUT2D eigenvalue weighted by molar-refractivity contribution is 6.33. The highest BCUT2D eigenvalue weighted by Gasteiger charge is 2.32. The molecule has 1 aliphatic heterocycles. The molecule has 3 N–H and O–H groups in total. The SMILES string of the molecule is Cc1ncnc(C(=O)N2CCC(n3c(C)c(CC(=O)Nc4ccc(C(F)(F)F)cc4Cl)c4nn(-c5ccc(C(C)(C)O)cc5)nc4c3=O)CC2)c1O. The minimum Gasteiger partial charge on any atom is -0.504 e. The Morgan fingerprint density at radius 3 is 2.23 bits per heavy atom. The predicted octanol–water partition coefficient (Wildman–Crippen LogP) is 5.25. The van der Waals surface area contributed by atoms with Gasteiger partial charge in [0.05, 0.1) is 39.7 Å². The number of aryl methyl sites for hydroxylation is 1. The summed E-state index contributed by atoms with van der Waals surface area (Å²) in [6.45, 7) is 6.98. The average molecular weight is 739 g/mol. The first-order valence-corrected chi connectivity index (χ1v) is 16.6. The van der Waals surface area contributed by atoms with Gasteiger partial charge in [-0.25, -0.2) is 9.97 Å². The van der Waals surface area contributed by atoms with Crippen molar-refractivity contribution < 1.29 is 33.0 Å². The third kappa shape index (κ3) is 7.08. The second-order valence-electron chi connectivity index (χ2n) is 13.1. The molecule has 272 valence electrons. The smallest absolute Gasteiger partial charge is 0.416 e. The number of aliphatic hydroxyl groups is 1.